The number of hydrogen-bond acceptors (Lipinski definition) is 6. The lowest BCUT2D eigenvalue weighted by molar-refractivity contribution is -0.111. The van der Waals surface area contributed by atoms with Crippen molar-refractivity contribution in [1.82, 2.24) is 14.5 Å². The first-order valence-electron chi connectivity index (χ1n) is 9.27. The first-order chi connectivity index (χ1) is 13.8. The highest BCUT2D eigenvalue weighted by atomic mass is 79.9. The van der Waals surface area contributed by atoms with E-state index < -0.39 is 0 Å². The van der Waals surface area contributed by atoms with Crippen molar-refractivity contribution in [3.63, 3.8) is 0 Å². The van der Waals surface area contributed by atoms with Gasteiger partial charge in [0.25, 0.3) is 5.56 Å². The average molecular weight is 461 g/mol. The van der Waals surface area contributed by atoms with Gasteiger partial charge in [-0.25, -0.2) is 4.98 Å². The van der Waals surface area contributed by atoms with Crippen LogP contribution in [0, 0.1) is 0 Å². The molecule has 8 nitrogen and oxygen atoms in total. The van der Waals surface area contributed by atoms with Crippen LogP contribution < -0.4 is 21.1 Å². The Hall–Kier alpha value is -2.65. The van der Waals surface area contributed by atoms with Crippen molar-refractivity contribution < 1.29 is 4.79 Å². The Morgan fingerprint density at radius 3 is 2.83 bits per heavy atom. The van der Waals surface area contributed by atoms with Crippen molar-refractivity contribution in [2.24, 2.45) is 7.05 Å². The molecule has 154 valence electrons. The van der Waals surface area contributed by atoms with Crippen molar-refractivity contribution in [2.45, 2.75) is 12.5 Å². The molecule has 0 radical (unpaired) electrons. The maximum atomic E-state index is 12.3. The number of anilines is 4. The van der Waals surface area contributed by atoms with Crippen molar-refractivity contribution in [3.8, 4) is 0 Å². The maximum absolute atomic E-state index is 12.3. The van der Waals surface area contributed by atoms with E-state index in [1.54, 1.807) is 13.2 Å². The number of likely N-dealkylation sites (N-methyl/N-ethyl adjacent to an activating group) is 1. The summed E-state index contributed by atoms with van der Waals surface area (Å²) < 4.78 is 1.99. The summed E-state index contributed by atoms with van der Waals surface area (Å²) in [6, 6.07) is 6.09. The summed E-state index contributed by atoms with van der Waals surface area (Å²) in [6.45, 7) is 5.32. The molecule has 0 spiro atoms. The molecule has 2 aromatic rings. The number of carbonyl (C=O) groups excluding carboxylic acids is 1. The van der Waals surface area contributed by atoms with Gasteiger partial charge in [-0.3, -0.25) is 9.59 Å². The molecule has 29 heavy (non-hydrogen) atoms. The molecule has 3 rings (SSSR count). The molecule has 0 unspecified atom stereocenters. The predicted octanol–water partition coefficient (Wildman–Crippen LogP) is 2.55. The second-order valence-electron chi connectivity index (χ2n) is 7.23. The van der Waals surface area contributed by atoms with Gasteiger partial charge in [-0.2, -0.15) is 0 Å². The van der Waals surface area contributed by atoms with E-state index >= 15 is 0 Å². The highest BCUT2D eigenvalue weighted by Crippen LogP contribution is 2.33. The Labute approximate surface area is 178 Å². The minimum atomic E-state index is -0.289. The van der Waals surface area contributed by atoms with E-state index in [1.165, 1.54) is 10.6 Å². The fraction of sp³-hybridized carbons (Fsp3) is 0.350. The molecule has 1 fully saturated rings. The summed E-state index contributed by atoms with van der Waals surface area (Å²) >= 11 is 3.30. The van der Waals surface area contributed by atoms with E-state index in [0.29, 0.717) is 22.0 Å². The highest BCUT2D eigenvalue weighted by Gasteiger charge is 2.26. The summed E-state index contributed by atoms with van der Waals surface area (Å²) in [5.41, 5.74) is 2.00. The molecule has 0 bridgehead atoms. The molecule has 1 atom stereocenters. The predicted molar refractivity (Wildman–Crippen MR) is 120 cm³/mol. The van der Waals surface area contributed by atoms with Crippen molar-refractivity contribution >= 4 is 44.7 Å². The third-order valence-electron chi connectivity index (χ3n) is 4.98. The van der Waals surface area contributed by atoms with Gasteiger partial charge in [0.1, 0.15) is 4.60 Å². The van der Waals surface area contributed by atoms with Crippen LogP contribution in [0.1, 0.15) is 6.42 Å². The summed E-state index contributed by atoms with van der Waals surface area (Å²) in [7, 11) is 5.81. The maximum Gasteiger partial charge on any atom is 0.293 e. The fourth-order valence-electron chi connectivity index (χ4n) is 3.34. The molecule has 0 saturated carbocycles. The first kappa shape index (κ1) is 21.1. The second-order valence-corrected chi connectivity index (χ2v) is 8.04. The monoisotopic (exact) mass is 460 g/mol. The number of hydrogen-bond donors (Lipinski definition) is 2. The lowest BCUT2D eigenvalue weighted by Crippen LogP contribution is -2.31. The van der Waals surface area contributed by atoms with Crippen molar-refractivity contribution in [3.05, 3.63) is 52.0 Å². The van der Waals surface area contributed by atoms with Gasteiger partial charge in [-0.05, 0) is 60.7 Å². The average Bonchev–Trinajstić information content (AvgIpc) is 3.16. The number of nitrogens with one attached hydrogen (secondary N) is 2. The summed E-state index contributed by atoms with van der Waals surface area (Å²) in [6.07, 6.45) is 3.89. The van der Waals surface area contributed by atoms with E-state index in [0.717, 1.165) is 25.2 Å². The van der Waals surface area contributed by atoms with E-state index in [9.17, 15) is 9.59 Å². The van der Waals surface area contributed by atoms with E-state index in [-0.39, 0.29) is 17.3 Å². The third-order valence-corrected chi connectivity index (χ3v) is 5.36. The van der Waals surface area contributed by atoms with Crippen molar-refractivity contribution in [1.29, 1.82) is 0 Å². The van der Waals surface area contributed by atoms with Gasteiger partial charge in [0.15, 0.2) is 5.82 Å². The molecule has 1 amide bonds. The molecule has 9 heteroatoms. The number of amides is 1. The van der Waals surface area contributed by atoms with Crippen LogP contribution in [0.2, 0.25) is 0 Å². The second kappa shape index (κ2) is 8.79. The minimum absolute atomic E-state index is 0.199. The molecule has 2 heterocycles. The van der Waals surface area contributed by atoms with Gasteiger partial charge in [-0.15, -0.1) is 0 Å². The smallest absolute Gasteiger partial charge is 0.293 e. The van der Waals surface area contributed by atoms with Gasteiger partial charge in [0, 0.05) is 38.1 Å². The van der Waals surface area contributed by atoms with Crippen molar-refractivity contribution in [2.75, 3.05) is 42.7 Å². The van der Waals surface area contributed by atoms with E-state index in [2.05, 4.69) is 62.0 Å². The third kappa shape index (κ3) is 4.86. The Balaban J connectivity index is 1.93. The number of halogens is 1. The van der Waals surface area contributed by atoms with Crippen LogP contribution in [0.3, 0.4) is 0 Å². The van der Waals surface area contributed by atoms with Gasteiger partial charge in [0.2, 0.25) is 5.91 Å². The zero-order valence-electron chi connectivity index (χ0n) is 16.8. The molecule has 1 aliphatic heterocycles. The topological polar surface area (TPSA) is 82.5 Å². The quantitative estimate of drug-likeness (QED) is 0.644. The first-order valence-corrected chi connectivity index (χ1v) is 10.1. The van der Waals surface area contributed by atoms with Crippen LogP contribution in [-0.4, -0.2) is 53.6 Å². The number of nitrogens with zero attached hydrogens (tertiary/aromatic N) is 4. The molecule has 2 N–H and O–H groups in total. The number of benzene rings is 1. The molecule has 1 saturated heterocycles. The lowest BCUT2D eigenvalue weighted by atomic mass is 10.2. The van der Waals surface area contributed by atoms with Gasteiger partial charge >= 0.3 is 0 Å². The van der Waals surface area contributed by atoms with Crippen LogP contribution in [0.25, 0.3) is 0 Å². The van der Waals surface area contributed by atoms with Crippen LogP contribution in [0.5, 0.6) is 0 Å². The molecule has 1 aliphatic rings. The number of carbonyl (C=O) groups is 1. The van der Waals surface area contributed by atoms with Crippen LogP contribution in [0.4, 0.5) is 22.9 Å². The zero-order chi connectivity index (χ0) is 21.1. The summed E-state index contributed by atoms with van der Waals surface area (Å²) in [5.74, 6) is -0.0901. The zero-order valence-corrected chi connectivity index (χ0v) is 18.4. The number of rotatable bonds is 6. The SMILES string of the molecule is C=CC(=O)Nc1cc(Nc2nc(Br)cn(C)c2=O)ccc1N1CC[C@H](N(C)C)C1. The Morgan fingerprint density at radius 1 is 1.41 bits per heavy atom. The normalized spacial score (nSPS) is 16.2. The fourth-order valence-corrected chi connectivity index (χ4v) is 3.83. The van der Waals surface area contributed by atoms with Gasteiger partial charge < -0.3 is 25.0 Å². The van der Waals surface area contributed by atoms with Gasteiger partial charge in [0.05, 0.1) is 11.4 Å². The molecule has 1 aromatic carbocycles. The van der Waals surface area contributed by atoms with Gasteiger partial charge in [-0.1, -0.05) is 6.58 Å². The van der Waals surface area contributed by atoms with E-state index in [4.69, 9.17) is 0 Å². The molecular formula is C20H25BrN6O2. The summed E-state index contributed by atoms with van der Waals surface area (Å²) in [5, 5.41) is 5.93. The molecular weight excluding hydrogens is 436 g/mol. The highest BCUT2D eigenvalue weighted by molar-refractivity contribution is 9.10. The Morgan fingerprint density at radius 2 is 2.17 bits per heavy atom. The van der Waals surface area contributed by atoms with Crippen LogP contribution in [0.15, 0.2) is 46.4 Å². The van der Waals surface area contributed by atoms with Crippen LogP contribution >= 0.6 is 15.9 Å². The van der Waals surface area contributed by atoms with Crippen LogP contribution in [-0.2, 0) is 11.8 Å². The Kier molecular flexibility index (Phi) is 6.39. The lowest BCUT2D eigenvalue weighted by Gasteiger charge is -2.24. The Bertz CT molecular complexity index is 987. The van der Waals surface area contributed by atoms with E-state index in [1.807, 2.05) is 18.2 Å². The molecule has 0 aliphatic carbocycles. The largest absolute Gasteiger partial charge is 0.368 e. The number of aromatic nitrogens is 2. The minimum Gasteiger partial charge on any atom is -0.368 e. The number of aryl methyl sites for hydroxylation is 1. The standard InChI is InChI=1S/C20H25BrN6O2/c1-5-18(28)23-15-10-13(22-19-20(29)26(4)12-17(21)24-19)6-7-16(15)27-9-8-14(11-27)25(2)3/h5-7,10,12,14H,1,8-9,11H2,2-4H3,(H,22,24)(H,23,28)/t14-/m0/s1. The molecule has 1 aromatic heterocycles. The summed E-state index contributed by atoms with van der Waals surface area (Å²) in [4.78, 5) is 33.0.